The Morgan fingerprint density at radius 3 is 2.38 bits per heavy atom. The molecule has 2 N–H and O–H groups in total. The van der Waals surface area contributed by atoms with Gasteiger partial charge in [0.2, 0.25) is 5.78 Å². The molecule has 1 atom stereocenters. The van der Waals surface area contributed by atoms with Crippen LogP contribution < -0.4 is 10.1 Å². The van der Waals surface area contributed by atoms with Gasteiger partial charge in [-0.15, -0.1) is 0 Å². The molecule has 2 aromatic carbocycles. The number of hydrogen-bond acceptors (Lipinski definition) is 7. The van der Waals surface area contributed by atoms with Gasteiger partial charge < -0.3 is 19.8 Å². The first kappa shape index (κ1) is 27.7. The zero-order valence-electron chi connectivity index (χ0n) is 22.3. The molecule has 1 fully saturated rings. The average Bonchev–Trinajstić information content (AvgIpc) is 3.55. The fourth-order valence-corrected chi connectivity index (χ4v) is 4.49. The van der Waals surface area contributed by atoms with Crippen LogP contribution in [0.1, 0.15) is 43.2 Å². The molecule has 39 heavy (non-hydrogen) atoms. The molecule has 0 saturated carbocycles. The smallest absolute Gasteiger partial charge is 0.410 e. The molecule has 0 spiro atoms. The molecule has 1 saturated heterocycles. The Labute approximate surface area is 224 Å². The van der Waals surface area contributed by atoms with E-state index in [2.05, 4.69) is 15.3 Å². The van der Waals surface area contributed by atoms with Gasteiger partial charge in [-0.1, -0.05) is 0 Å². The lowest BCUT2D eigenvalue weighted by atomic mass is 9.88. The second kappa shape index (κ2) is 10.5. The SMILES string of the molecule is COc1ccc(-c2[nH]c(-c3ccc(C#N)c(F)c3)nc2C(=O)[C@]2(N(C)C(=O)OC(C)(C)C)CCNC2)cc1F. The molecule has 2 heterocycles. The van der Waals surface area contributed by atoms with Crippen LogP contribution in [-0.4, -0.2) is 65.1 Å². The van der Waals surface area contributed by atoms with Gasteiger partial charge in [0.15, 0.2) is 11.6 Å². The fourth-order valence-electron chi connectivity index (χ4n) is 4.49. The van der Waals surface area contributed by atoms with E-state index in [1.54, 1.807) is 32.9 Å². The maximum atomic E-state index is 14.7. The number of halogens is 2. The van der Waals surface area contributed by atoms with Crippen molar-refractivity contribution in [2.24, 2.45) is 0 Å². The highest BCUT2D eigenvalue weighted by Gasteiger charge is 2.50. The van der Waals surface area contributed by atoms with Crippen molar-refractivity contribution in [1.29, 1.82) is 5.26 Å². The minimum Gasteiger partial charge on any atom is -0.494 e. The van der Waals surface area contributed by atoms with Gasteiger partial charge in [-0.25, -0.2) is 18.6 Å². The van der Waals surface area contributed by atoms with Gasteiger partial charge in [-0.2, -0.15) is 5.26 Å². The van der Waals surface area contributed by atoms with Crippen molar-refractivity contribution in [2.45, 2.75) is 38.3 Å². The summed E-state index contributed by atoms with van der Waals surface area (Å²) in [6, 6.07) is 9.87. The van der Waals surface area contributed by atoms with Gasteiger partial charge >= 0.3 is 6.09 Å². The van der Waals surface area contributed by atoms with E-state index in [1.165, 1.54) is 43.3 Å². The fraction of sp³-hybridized carbons (Fsp3) is 0.357. The first-order chi connectivity index (χ1) is 18.4. The monoisotopic (exact) mass is 537 g/mol. The Bertz CT molecular complexity index is 1470. The van der Waals surface area contributed by atoms with E-state index in [9.17, 15) is 18.4 Å². The Morgan fingerprint density at radius 1 is 1.13 bits per heavy atom. The first-order valence-corrected chi connectivity index (χ1v) is 12.3. The lowest BCUT2D eigenvalue weighted by Crippen LogP contribution is -2.57. The summed E-state index contributed by atoms with van der Waals surface area (Å²) in [4.78, 5) is 36.1. The number of H-pyrrole nitrogens is 1. The van der Waals surface area contributed by atoms with Gasteiger partial charge in [0.05, 0.1) is 18.4 Å². The number of hydrogen-bond donors (Lipinski definition) is 2. The number of benzene rings is 2. The molecule has 0 unspecified atom stereocenters. The summed E-state index contributed by atoms with van der Waals surface area (Å²) in [7, 11) is 2.83. The van der Waals surface area contributed by atoms with Crippen LogP contribution in [0.2, 0.25) is 0 Å². The van der Waals surface area contributed by atoms with Crippen LogP contribution >= 0.6 is 0 Å². The lowest BCUT2D eigenvalue weighted by molar-refractivity contribution is 0.00917. The van der Waals surface area contributed by atoms with Crippen molar-refractivity contribution in [3.05, 3.63) is 59.3 Å². The maximum absolute atomic E-state index is 14.7. The van der Waals surface area contributed by atoms with Gasteiger partial charge in [0, 0.05) is 24.7 Å². The molecular weight excluding hydrogens is 508 g/mol. The second-order valence-electron chi connectivity index (χ2n) is 10.3. The van der Waals surface area contributed by atoms with E-state index in [-0.39, 0.29) is 47.1 Å². The number of carbonyl (C=O) groups is 2. The molecule has 0 bridgehead atoms. The van der Waals surface area contributed by atoms with E-state index < -0.39 is 34.7 Å². The topological polar surface area (TPSA) is 120 Å². The van der Waals surface area contributed by atoms with Crippen LogP contribution in [0.3, 0.4) is 0 Å². The average molecular weight is 538 g/mol. The van der Waals surface area contributed by atoms with Crippen LogP contribution in [-0.2, 0) is 4.74 Å². The molecule has 1 aliphatic heterocycles. The van der Waals surface area contributed by atoms with Gasteiger partial charge in [-0.05, 0) is 70.1 Å². The van der Waals surface area contributed by atoms with Crippen molar-refractivity contribution in [1.82, 2.24) is 20.2 Å². The van der Waals surface area contributed by atoms with Crippen LogP contribution in [0.5, 0.6) is 5.75 Å². The van der Waals surface area contributed by atoms with Gasteiger partial charge in [0.1, 0.15) is 34.5 Å². The molecule has 9 nitrogen and oxygen atoms in total. The number of methoxy groups -OCH3 is 1. The van der Waals surface area contributed by atoms with E-state index >= 15 is 0 Å². The summed E-state index contributed by atoms with van der Waals surface area (Å²) < 4.78 is 39.7. The summed E-state index contributed by atoms with van der Waals surface area (Å²) in [5, 5.41) is 12.2. The molecule has 3 aromatic rings. The van der Waals surface area contributed by atoms with Crippen LogP contribution in [0.15, 0.2) is 36.4 Å². The number of nitrogens with one attached hydrogen (secondary N) is 2. The molecule has 4 rings (SSSR count). The summed E-state index contributed by atoms with van der Waals surface area (Å²) in [5.41, 5.74) is -1.57. The predicted octanol–water partition coefficient (Wildman–Crippen LogP) is 4.68. The Morgan fingerprint density at radius 2 is 1.82 bits per heavy atom. The third-order valence-electron chi connectivity index (χ3n) is 6.59. The van der Waals surface area contributed by atoms with Crippen LogP contribution in [0.4, 0.5) is 13.6 Å². The number of amides is 1. The molecule has 204 valence electrons. The number of Topliss-reactive ketones (excluding diaryl/α,β-unsaturated/α-hetero) is 1. The van der Waals surface area contributed by atoms with E-state index in [0.717, 1.165) is 6.07 Å². The van der Waals surface area contributed by atoms with Crippen molar-refractivity contribution in [2.75, 3.05) is 27.2 Å². The maximum Gasteiger partial charge on any atom is 0.410 e. The number of carbonyl (C=O) groups excluding carboxylic acids is 2. The number of ketones is 1. The highest BCUT2D eigenvalue weighted by Crippen LogP contribution is 2.35. The Kier molecular flexibility index (Phi) is 7.44. The molecule has 1 aliphatic rings. The number of likely N-dealkylation sites (N-methyl/N-ethyl adjacent to an activating group) is 1. The first-order valence-electron chi connectivity index (χ1n) is 12.3. The number of nitrogens with zero attached hydrogens (tertiary/aromatic N) is 3. The van der Waals surface area contributed by atoms with Crippen LogP contribution in [0.25, 0.3) is 22.6 Å². The number of rotatable bonds is 6. The number of imidazole rings is 1. The van der Waals surface area contributed by atoms with Gasteiger partial charge in [0.25, 0.3) is 0 Å². The quantitative estimate of drug-likeness (QED) is 0.438. The summed E-state index contributed by atoms with van der Waals surface area (Å²) in [6.07, 6.45) is -0.396. The molecular formula is C28H29F2N5O4. The summed E-state index contributed by atoms with van der Waals surface area (Å²) >= 11 is 0. The number of nitriles is 1. The van der Waals surface area contributed by atoms with Crippen LogP contribution in [0, 0.1) is 23.0 Å². The minimum absolute atomic E-state index is 0.0154. The second-order valence-corrected chi connectivity index (χ2v) is 10.3. The van der Waals surface area contributed by atoms with E-state index in [0.29, 0.717) is 12.1 Å². The zero-order chi connectivity index (χ0) is 28.5. The van der Waals surface area contributed by atoms with E-state index in [1.807, 2.05) is 0 Å². The predicted molar refractivity (Wildman–Crippen MR) is 139 cm³/mol. The highest BCUT2D eigenvalue weighted by atomic mass is 19.1. The van der Waals surface area contributed by atoms with E-state index in [4.69, 9.17) is 14.7 Å². The Balaban J connectivity index is 1.86. The number of ether oxygens (including phenoxy) is 2. The van der Waals surface area contributed by atoms with Crippen molar-refractivity contribution < 1.29 is 27.8 Å². The molecule has 0 radical (unpaired) electrons. The number of aromatic nitrogens is 2. The lowest BCUT2D eigenvalue weighted by Gasteiger charge is -2.37. The molecule has 0 aliphatic carbocycles. The third-order valence-corrected chi connectivity index (χ3v) is 6.59. The van der Waals surface area contributed by atoms with Crippen molar-refractivity contribution in [3.8, 4) is 34.5 Å². The number of aromatic amines is 1. The highest BCUT2D eigenvalue weighted by molar-refractivity contribution is 6.08. The van der Waals surface area contributed by atoms with Crippen molar-refractivity contribution in [3.63, 3.8) is 0 Å². The molecule has 11 heteroatoms. The largest absolute Gasteiger partial charge is 0.494 e. The third kappa shape index (κ3) is 5.33. The zero-order valence-corrected chi connectivity index (χ0v) is 22.3. The molecule has 1 aromatic heterocycles. The van der Waals surface area contributed by atoms with Crippen molar-refractivity contribution >= 4 is 11.9 Å². The Hall–Kier alpha value is -4.30. The molecule has 1 amide bonds. The summed E-state index contributed by atoms with van der Waals surface area (Å²) in [6.45, 7) is 5.79. The van der Waals surface area contributed by atoms with Gasteiger partial charge in [-0.3, -0.25) is 9.69 Å². The summed E-state index contributed by atoms with van der Waals surface area (Å²) in [5.74, 6) is -1.76. The minimum atomic E-state index is -1.34. The standard InChI is InChI=1S/C28H29F2N5O4/c1-27(2,3)39-26(37)35(4)28(10-11-32-15-28)24(36)23-22(16-8-9-21(38-5)20(30)12-16)33-25(34-23)17-6-7-18(14-31)19(29)13-17/h6-9,12-13,32H,10-11,15H2,1-5H3,(H,33,34)/t28-/m0/s1. The normalized spacial score (nSPS) is 17.0.